The van der Waals surface area contributed by atoms with Gasteiger partial charge in [0.05, 0.1) is 12.9 Å². The minimum atomic E-state index is -3.15. The van der Waals surface area contributed by atoms with E-state index in [4.69, 9.17) is 0 Å². The number of sulfonamides is 1. The van der Waals surface area contributed by atoms with Gasteiger partial charge in [-0.1, -0.05) is 4.47 Å². The van der Waals surface area contributed by atoms with E-state index in [1.165, 1.54) is 7.05 Å². The smallest absolute Gasteiger partial charge is 0.232 e. The topological polar surface area (TPSA) is 46.6 Å². The van der Waals surface area contributed by atoms with Crippen LogP contribution in [0.4, 0.5) is 0 Å². The molecular formula is C4H11NO3S. The number of rotatable bonds is 3. The zero-order valence-electron chi connectivity index (χ0n) is 5.79. The molecule has 0 bridgehead atoms. The first-order chi connectivity index (χ1) is 3.98. The molecule has 0 aromatic heterocycles. The Morgan fingerprint density at radius 3 is 2.11 bits per heavy atom. The Hall–Kier alpha value is -0.130. The third-order valence-electron chi connectivity index (χ3n) is 0.778. The van der Waals surface area contributed by atoms with E-state index >= 15 is 0 Å². The molecule has 0 radical (unpaired) electrons. The number of hydrogen-bond acceptors (Lipinski definition) is 3. The molecule has 0 rings (SSSR count). The second-order valence-electron chi connectivity index (χ2n) is 1.59. The Morgan fingerprint density at radius 2 is 2.00 bits per heavy atom. The SMILES string of the molecule is CCON(C)S(C)(=O)=O. The van der Waals surface area contributed by atoms with E-state index in [1.54, 1.807) is 6.92 Å². The largest absolute Gasteiger partial charge is 0.285 e. The molecule has 0 unspecified atom stereocenters. The van der Waals surface area contributed by atoms with Gasteiger partial charge in [0.25, 0.3) is 0 Å². The Kier molecular flexibility index (Phi) is 3.10. The molecule has 0 aromatic rings. The van der Waals surface area contributed by atoms with E-state index in [0.29, 0.717) is 6.61 Å². The van der Waals surface area contributed by atoms with Crippen molar-refractivity contribution in [3.63, 3.8) is 0 Å². The van der Waals surface area contributed by atoms with Crippen molar-refractivity contribution >= 4 is 10.0 Å². The first-order valence-electron chi connectivity index (χ1n) is 2.55. The second kappa shape index (κ2) is 3.14. The third-order valence-corrected chi connectivity index (χ3v) is 1.82. The van der Waals surface area contributed by atoms with Crippen molar-refractivity contribution in [1.82, 2.24) is 4.47 Å². The number of hydroxylamine groups is 1. The molecule has 0 amide bonds. The lowest BCUT2D eigenvalue weighted by Gasteiger charge is -2.11. The van der Waals surface area contributed by atoms with Gasteiger partial charge in [-0.25, -0.2) is 8.42 Å². The summed E-state index contributed by atoms with van der Waals surface area (Å²) >= 11 is 0. The lowest BCUT2D eigenvalue weighted by atomic mass is 10.9. The first kappa shape index (κ1) is 8.87. The summed E-state index contributed by atoms with van der Waals surface area (Å²) in [5, 5.41) is 0. The zero-order chi connectivity index (χ0) is 7.49. The Morgan fingerprint density at radius 1 is 1.56 bits per heavy atom. The highest BCUT2D eigenvalue weighted by Crippen LogP contribution is 1.91. The van der Waals surface area contributed by atoms with Gasteiger partial charge in [0, 0.05) is 7.05 Å². The zero-order valence-corrected chi connectivity index (χ0v) is 6.60. The summed E-state index contributed by atoms with van der Waals surface area (Å²) in [6.07, 6.45) is 1.09. The van der Waals surface area contributed by atoms with Crippen LogP contribution in [0.15, 0.2) is 0 Å². The van der Waals surface area contributed by atoms with Crippen LogP contribution >= 0.6 is 0 Å². The molecule has 0 saturated heterocycles. The minimum absolute atomic E-state index is 0.365. The van der Waals surface area contributed by atoms with Crippen LogP contribution in [0.5, 0.6) is 0 Å². The normalized spacial score (nSPS) is 12.4. The van der Waals surface area contributed by atoms with Crippen molar-refractivity contribution in [2.45, 2.75) is 6.92 Å². The molecule has 0 aliphatic heterocycles. The lowest BCUT2D eigenvalue weighted by Crippen LogP contribution is -2.25. The maximum atomic E-state index is 10.5. The van der Waals surface area contributed by atoms with Crippen LogP contribution in [-0.2, 0) is 14.9 Å². The van der Waals surface area contributed by atoms with Crippen LogP contribution in [0.25, 0.3) is 0 Å². The summed E-state index contributed by atoms with van der Waals surface area (Å²) < 4.78 is 21.9. The van der Waals surface area contributed by atoms with E-state index < -0.39 is 10.0 Å². The third kappa shape index (κ3) is 3.45. The number of hydrogen-bond donors (Lipinski definition) is 0. The van der Waals surface area contributed by atoms with Gasteiger partial charge in [0.1, 0.15) is 0 Å². The van der Waals surface area contributed by atoms with Crippen LogP contribution in [0.2, 0.25) is 0 Å². The summed E-state index contributed by atoms with van der Waals surface area (Å²) in [4.78, 5) is 4.65. The van der Waals surface area contributed by atoms with Crippen molar-refractivity contribution in [2.24, 2.45) is 0 Å². The summed E-state index contributed by atoms with van der Waals surface area (Å²) in [6.45, 7) is 2.09. The van der Waals surface area contributed by atoms with Crippen LogP contribution < -0.4 is 0 Å². The molecule has 9 heavy (non-hydrogen) atoms. The molecule has 0 aromatic carbocycles. The molecule has 0 aliphatic carbocycles. The summed E-state index contributed by atoms with van der Waals surface area (Å²) in [6, 6.07) is 0. The van der Waals surface area contributed by atoms with Crippen LogP contribution in [0.1, 0.15) is 6.92 Å². The molecule has 0 atom stereocenters. The predicted octanol–water partition coefficient (Wildman–Crippen LogP) is -0.171. The monoisotopic (exact) mass is 153 g/mol. The molecule has 0 spiro atoms. The van der Waals surface area contributed by atoms with Gasteiger partial charge in [-0.15, -0.1) is 0 Å². The molecule has 0 aliphatic rings. The van der Waals surface area contributed by atoms with Crippen molar-refractivity contribution in [2.75, 3.05) is 19.9 Å². The quantitative estimate of drug-likeness (QED) is 0.529. The van der Waals surface area contributed by atoms with Crippen molar-refractivity contribution in [3.8, 4) is 0 Å². The van der Waals surface area contributed by atoms with Gasteiger partial charge in [-0.05, 0) is 6.92 Å². The highest BCUT2D eigenvalue weighted by Gasteiger charge is 2.08. The van der Waals surface area contributed by atoms with Crippen LogP contribution in [0.3, 0.4) is 0 Å². The second-order valence-corrected chi connectivity index (χ2v) is 3.57. The summed E-state index contributed by atoms with van der Waals surface area (Å²) in [5.41, 5.74) is 0. The van der Waals surface area contributed by atoms with Gasteiger partial charge in [-0.3, -0.25) is 4.84 Å². The van der Waals surface area contributed by atoms with Gasteiger partial charge in [0.15, 0.2) is 0 Å². The van der Waals surface area contributed by atoms with Gasteiger partial charge < -0.3 is 0 Å². The average molecular weight is 153 g/mol. The fourth-order valence-electron chi connectivity index (χ4n) is 0.278. The van der Waals surface area contributed by atoms with Crippen LogP contribution in [-0.4, -0.2) is 32.8 Å². The van der Waals surface area contributed by atoms with Crippen molar-refractivity contribution in [1.29, 1.82) is 0 Å². The average Bonchev–Trinajstić information content (AvgIpc) is 1.64. The first-order valence-corrected chi connectivity index (χ1v) is 4.40. The highest BCUT2D eigenvalue weighted by molar-refractivity contribution is 7.88. The number of nitrogens with zero attached hydrogens (tertiary/aromatic N) is 1. The molecule has 56 valence electrons. The lowest BCUT2D eigenvalue weighted by molar-refractivity contribution is -0.0571. The Bertz CT molecular complexity index is 163. The molecule has 0 heterocycles. The van der Waals surface area contributed by atoms with Gasteiger partial charge in [0.2, 0.25) is 10.0 Å². The molecule has 4 nitrogen and oxygen atoms in total. The van der Waals surface area contributed by atoms with Crippen LogP contribution in [0, 0.1) is 0 Å². The van der Waals surface area contributed by atoms with Crippen molar-refractivity contribution in [3.05, 3.63) is 0 Å². The Labute approximate surface area is 55.4 Å². The van der Waals surface area contributed by atoms with E-state index in [2.05, 4.69) is 4.84 Å². The fraction of sp³-hybridized carbons (Fsp3) is 1.00. The summed E-state index contributed by atoms with van der Waals surface area (Å²) in [7, 11) is -1.79. The molecule has 0 N–H and O–H groups in total. The van der Waals surface area contributed by atoms with E-state index in [0.717, 1.165) is 10.7 Å². The summed E-state index contributed by atoms with van der Waals surface area (Å²) in [5.74, 6) is 0. The molecule has 0 saturated carbocycles. The fourth-order valence-corrected chi connectivity index (χ4v) is 0.574. The maximum Gasteiger partial charge on any atom is 0.232 e. The predicted molar refractivity (Wildman–Crippen MR) is 34.2 cm³/mol. The molecular weight excluding hydrogens is 142 g/mol. The maximum absolute atomic E-state index is 10.5. The van der Waals surface area contributed by atoms with E-state index in [1.807, 2.05) is 0 Å². The molecule has 5 heteroatoms. The van der Waals surface area contributed by atoms with Gasteiger partial charge in [-0.2, -0.15) is 0 Å². The highest BCUT2D eigenvalue weighted by atomic mass is 32.2. The van der Waals surface area contributed by atoms with Gasteiger partial charge >= 0.3 is 0 Å². The Balaban J connectivity index is 3.90. The van der Waals surface area contributed by atoms with E-state index in [-0.39, 0.29) is 0 Å². The van der Waals surface area contributed by atoms with Crippen molar-refractivity contribution < 1.29 is 13.3 Å². The van der Waals surface area contributed by atoms with E-state index in [9.17, 15) is 8.42 Å². The standard InChI is InChI=1S/C4H11NO3S/c1-4-8-5(2)9(3,6)7/h4H2,1-3H3. The minimum Gasteiger partial charge on any atom is -0.285 e. The molecule has 0 fully saturated rings.